The SMILES string of the molecule is O=C(NOC[C@H](O)CO)c1ccc(F)c(F)c1N(I)c1ccccc1F. The van der Waals surface area contributed by atoms with Crippen LogP contribution in [0.15, 0.2) is 36.4 Å². The first-order chi connectivity index (χ1) is 12.4. The fourth-order valence-corrected chi connectivity index (χ4v) is 2.82. The first kappa shape index (κ1) is 20.4. The summed E-state index contributed by atoms with van der Waals surface area (Å²) in [6.07, 6.45) is -1.22. The minimum Gasteiger partial charge on any atom is -0.394 e. The molecule has 6 nitrogen and oxygen atoms in total. The Labute approximate surface area is 160 Å². The minimum absolute atomic E-state index is 0.0803. The number of rotatable bonds is 7. The van der Waals surface area contributed by atoms with Crippen molar-refractivity contribution in [2.45, 2.75) is 6.10 Å². The number of benzene rings is 2. The zero-order chi connectivity index (χ0) is 19.3. The van der Waals surface area contributed by atoms with Gasteiger partial charge in [0.1, 0.15) is 24.2 Å². The van der Waals surface area contributed by atoms with E-state index in [-0.39, 0.29) is 11.3 Å². The Morgan fingerprint density at radius 2 is 1.88 bits per heavy atom. The van der Waals surface area contributed by atoms with Crippen molar-refractivity contribution in [3.63, 3.8) is 0 Å². The molecule has 2 aromatic rings. The van der Waals surface area contributed by atoms with E-state index in [1.54, 1.807) is 22.9 Å². The molecule has 1 amide bonds. The molecule has 0 fully saturated rings. The first-order valence-corrected chi connectivity index (χ1v) is 8.22. The standard InChI is InChI=1S/C16H14F3IN2O4/c17-11-3-1-2-4-13(11)22(20)15-10(5-6-12(18)14(15)19)16(25)21-26-8-9(24)7-23/h1-6,9,23-24H,7-8H2,(H,21,25)/t9-/m1/s1. The molecule has 2 aromatic carbocycles. The second kappa shape index (κ2) is 9.16. The number of hydrogen-bond acceptors (Lipinski definition) is 5. The number of carbonyl (C=O) groups excluding carboxylic acids is 1. The van der Waals surface area contributed by atoms with E-state index in [4.69, 9.17) is 15.1 Å². The van der Waals surface area contributed by atoms with E-state index in [1.165, 1.54) is 18.2 Å². The molecule has 140 valence electrons. The van der Waals surface area contributed by atoms with Gasteiger partial charge in [0.15, 0.2) is 11.6 Å². The van der Waals surface area contributed by atoms with Crippen molar-refractivity contribution in [1.82, 2.24) is 5.48 Å². The Hall–Kier alpha value is -1.89. The quantitative estimate of drug-likeness (QED) is 0.321. The number of anilines is 2. The van der Waals surface area contributed by atoms with Crippen molar-refractivity contribution in [2.24, 2.45) is 0 Å². The van der Waals surface area contributed by atoms with E-state index >= 15 is 0 Å². The Bertz CT molecular complexity index is 794. The van der Waals surface area contributed by atoms with Crippen molar-refractivity contribution >= 4 is 40.1 Å². The maximum absolute atomic E-state index is 14.4. The number of para-hydroxylation sites is 1. The topological polar surface area (TPSA) is 82.0 Å². The van der Waals surface area contributed by atoms with Crippen LogP contribution >= 0.6 is 22.9 Å². The molecule has 0 unspecified atom stereocenters. The van der Waals surface area contributed by atoms with Crippen LogP contribution in [-0.4, -0.2) is 35.4 Å². The third-order valence-electron chi connectivity index (χ3n) is 3.23. The summed E-state index contributed by atoms with van der Waals surface area (Å²) in [4.78, 5) is 16.9. The second-order valence-electron chi connectivity index (χ2n) is 5.07. The van der Waals surface area contributed by atoms with Crippen LogP contribution in [0.1, 0.15) is 10.4 Å². The zero-order valence-electron chi connectivity index (χ0n) is 13.1. The number of halogens is 4. The van der Waals surface area contributed by atoms with Crippen molar-refractivity contribution in [3.05, 3.63) is 59.4 Å². The fraction of sp³-hybridized carbons (Fsp3) is 0.188. The molecule has 0 heterocycles. The van der Waals surface area contributed by atoms with Gasteiger partial charge in [-0.2, -0.15) is 0 Å². The average Bonchev–Trinajstić information content (AvgIpc) is 2.63. The average molecular weight is 482 g/mol. The van der Waals surface area contributed by atoms with Gasteiger partial charge < -0.3 is 10.2 Å². The zero-order valence-corrected chi connectivity index (χ0v) is 15.3. The van der Waals surface area contributed by atoms with Crippen LogP contribution in [0.2, 0.25) is 0 Å². The van der Waals surface area contributed by atoms with E-state index in [0.29, 0.717) is 0 Å². The highest BCUT2D eigenvalue weighted by Crippen LogP contribution is 2.36. The predicted octanol–water partition coefficient (Wildman–Crippen LogP) is 2.61. The van der Waals surface area contributed by atoms with E-state index in [2.05, 4.69) is 0 Å². The molecule has 0 saturated carbocycles. The van der Waals surface area contributed by atoms with Crippen LogP contribution in [-0.2, 0) is 4.84 Å². The van der Waals surface area contributed by atoms with Gasteiger partial charge in [-0.15, -0.1) is 0 Å². The lowest BCUT2D eigenvalue weighted by molar-refractivity contribution is -0.0295. The molecule has 0 bridgehead atoms. The number of carbonyl (C=O) groups is 1. The summed E-state index contributed by atoms with van der Waals surface area (Å²) in [6, 6.07) is 7.17. The normalized spacial score (nSPS) is 11.9. The number of amides is 1. The molecule has 10 heteroatoms. The van der Waals surface area contributed by atoms with Gasteiger partial charge in [0, 0.05) is 0 Å². The Morgan fingerprint density at radius 3 is 2.54 bits per heavy atom. The molecule has 0 spiro atoms. The Kier molecular flexibility index (Phi) is 7.20. The van der Waals surface area contributed by atoms with Crippen LogP contribution < -0.4 is 8.59 Å². The molecule has 3 N–H and O–H groups in total. The van der Waals surface area contributed by atoms with Crippen molar-refractivity contribution in [1.29, 1.82) is 0 Å². The van der Waals surface area contributed by atoms with Crippen molar-refractivity contribution in [3.8, 4) is 0 Å². The van der Waals surface area contributed by atoms with Gasteiger partial charge in [-0.3, -0.25) is 12.7 Å². The number of aliphatic hydroxyl groups is 2. The number of nitrogens with one attached hydrogen (secondary N) is 1. The summed E-state index contributed by atoms with van der Waals surface area (Å²) in [5.74, 6) is -4.20. The number of hydroxylamine groups is 1. The molecule has 0 saturated heterocycles. The summed E-state index contributed by atoms with van der Waals surface area (Å²) in [6.45, 7) is -0.996. The molecule has 26 heavy (non-hydrogen) atoms. The molecular weight excluding hydrogens is 468 g/mol. The smallest absolute Gasteiger partial charge is 0.277 e. The highest BCUT2D eigenvalue weighted by molar-refractivity contribution is 14.1. The third-order valence-corrected chi connectivity index (χ3v) is 4.23. The van der Waals surface area contributed by atoms with Crippen molar-refractivity contribution in [2.75, 3.05) is 16.3 Å². The molecule has 2 rings (SSSR count). The molecule has 0 radical (unpaired) electrons. The molecular formula is C16H14F3IN2O4. The first-order valence-electron chi connectivity index (χ1n) is 7.26. The predicted molar refractivity (Wildman–Crippen MR) is 95.4 cm³/mol. The van der Waals surface area contributed by atoms with Gasteiger partial charge in [-0.25, -0.2) is 18.7 Å². The van der Waals surface area contributed by atoms with Crippen LogP contribution in [0.3, 0.4) is 0 Å². The van der Waals surface area contributed by atoms with Crippen molar-refractivity contribution < 1.29 is 33.0 Å². The van der Waals surface area contributed by atoms with Gasteiger partial charge in [-0.05, 0) is 24.3 Å². The summed E-state index contributed by atoms with van der Waals surface area (Å²) < 4.78 is 43.0. The fourth-order valence-electron chi connectivity index (χ4n) is 1.96. The van der Waals surface area contributed by atoms with Gasteiger partial charge >= 0.3 is 0 Å². The molecule has 0 aliphatic carbocycles. The second-order valence-corrected chi connectivity index (χ2v) is 6.03. The van der Waals surface area contributed by atoms with Gasteiger partial charge in [0.05, 0.1) is 40.7 Å². The minimum atomic E-state index is -1.34. The lowest BCUT2D eigenvalue weighted by Gasteiger charge is -2.21. The Balaban J connectivity index is 2.35. The maximum Gasteiger partial charge on any atom is 0.277 e. The van der Waals surface area contributed by atoms with Gasteiger partial charge in [0.25, 0.3) is 5.91 Å². The lowest BCUT2D eigenvalue weighted by Crippen LogP contribution is -2.30. The van der Waals surface area contributed by atoms with E-state index in [1.807, 2.05) is 5.48 Å². The molecule has 0 aliphatic rings. The largest absolute Gasteiger partial charge is 0.394 e. The van der Waals surface area contributed by atoms with Gasteiger partial charge in [0.2, 0.25) is 0 Å². The van der Waals surface area contributed by atoms with Gasteiger partial charge in [-0.1, -0.05) is 12.1 Å². The number of nitrogens with zero attached hydrogens (tertiary/aromatic N) is 1. The van der Waals surface area contributed by atoms with E-state index in [0.717, 1.165) is 21.3 Å². The number of aliphatic hydroxyl groups excluding tert-OH is 2. The van der Waals surface area contributed by atoms with Crippen LogP contribution in [0.4, 0.5) is 24.5 Å². The summed E-state index contributed by atoms with van der Waals surface area (Å²) >= 11 is 1.55. The highest BCUT2D eigenvalue weighted by atomic mass is 127. The number of hydrogen-bond donors (Lipinski definition) is 3. The maximum atomic E-state index is 14.4. The summed E-state index contributed by atoms with van der Waals surface area (Å²) in [5, 5.41) is 17.8. The van der Waals surface area contributed by atoms with E-state index in [9.17, 15) is 18.0 Å². The van der Waals surface area contributed by atoms with Crippen LogP contribution in [0.5, 0.6) is 0 Å². The monoisotopic (exact) mass is 482 g/mol. The summed E-state index contributed by atoms with van der Waals surface area (Å²) in [5.41, 5.74) is 1.05. The lowest BCUT2D eigenvalue weighted by atomic mass is 10.1. The third kappa shape index (κ3) is 4.63. The van der Waals surface area contributed by atoms with Crippen LogP contribution in [0, 0.1) is 17.5 Å². The molecule has 1 atom stereocenters. The summed E-state index contributed by atoms with van der Waals surface area (Å²) in [7, 11) is 0. The Morgan fingerprint density at radius 1 is 1.19 bits per heavy atom. The van der Waals surface area contributed by atoms with E-state index < -0.39 is 48.4 Å². The van der Waals surface area contributed by atoms with Crippen LogP contribution in [0.25, 0.3) is 0 Å². The molecule has 0 aliphatic heterocycles. The highest BCUT2D eigenvalue weighted by Gasteiger charge is 2.25. The molecule has 0 aromatic heterocycles.